The lowest BCUT2D eigenvalue weighted by atomic mass is 10.1. The molecule has 0 atom stereocenters. The summed E-state index contributed by atoms with van der Waals surface area (Å²) in [5.74, 6) is -0.235. The minimum absolute atomic E-state index is 0.128. The monoisotopic (exact) mass is 429 g/mol. The molecule has 0 spiro atoms. The lowest BCUT2D eigenvalue weighted by Crippen LogP contribution is -2.01. The second-order valence-electron chi connectivity index (χ2n) is 7.08. The Morgan fingerprint density at radius 1 is 0.875 bits per heavy atom. The largest absolute Gasteiger partial charge is 0.494 e. The van der Waals surface area contributed by atoms with E-state index in [9.17, 15) is 8.78 Å². The van der Waals surface area contributed by atoms with Gasteiger partial charge in [0, 0.05) is 11.1 Å². The maximum absolute atomic E-state index is 14.4. The number of rotatable bonds is 4. The summed E-state index contributed by atoms with van der Waals surface area (Å²) in [5, 5.41) is 5.19. The van der Waals surface area contributed by atoms with Crippen LogP contribution in [-0.2, 0) is 0 Å². The molecule has 5 rings (SSSR count). The van der Waals surface area contributed by atoms with Gasteiger partial charge in [0.15, 0.2) is 23.0 Å². The van der Waals surface area contributed by atoms with Crippen LogP contribution >= 0.6 is 0 Å². The highest BCUT2D eigenvalue weighted by Gasteiger charge is 2.21. The van der Waals surface area contributed by atoms with Gasteiger partial charge in [-0.2, -0.15) is 5.10 Å². The smallest absolute Gasteiger partial charge is 0.169 e. The second kappa shape index (κ2) is 7.73. The van der Waals surface area contributed by atoms with Crippen LogP contribution in [0.1, 0.15) is 0 Å². The van der Waals surface area contributed by atoms with Gasteiger partial charge in [0.1, 0.15) is 17.3 Å². The molecule has 0 unspecified atom stereocenters. The molecule has 2 N–H and O–H groups in total. The molecule has 0 saturated carbocycles. The van der Waals surface area contributed by atoms with Gasteiger partial charge in [-0.25, -0.2) is 23.4 Å². The summed E-state index contributed by atoms with van der Waals surface area (Å²) in [4.78, 5) is 9.11. The summed E-state index contributed by atoms with van der Waals surface area (Å²) in [7, 11) is 1.40. The molecule has 0 saturated heterocycles. The number of halogens is 2. The van der Waals surface area contributed by atoms with E-state index in [1.165, 1.54) is 31.4 Å². The van der Waals surface area contributed by atoms with Crippen molar-refractivity contribution in [2.24, 2.45) is 0 Å². The van der Waals surface area contributed by atoms with Crippen molar-refractivity contribution in [1.82, 2.24) is 19.7 Å². The van der Waals surface area contributed by atoms with E-state index < -0.39 is 5.82 Å². The summed E-state index contributed by atoms with van der Waals surface area (Å²) in [6, 6.07) is 19.8. The molecule has 0 aliphatic rings. The number of anilines is 1. The predicted molar refractivity (Wildman–Crippen MR) is 118 cm³/mol. The molecule has 32 heavy (non-hydrogen) atoms. The first-order valence-electron chi connectivity index (χ1n) is 9.76. The average molecular weight is 429 g/mol. The lowest BCUT2D eigenvalue weighted by molar-refractivity contribution is 0.386. The van der Waals surface area contributed by atoms with Crippen molar-refractivity contribution < 1.29 is 13.5 Å². The Balaban J connectivity index is 1.79. The topological polar surface area (TPSA) is 78.8 Å². The molecule has 0 aliphatic carbocycles. The Kier molecular flexibility index (Phi) is 4.74. The quantitative estimate of drug-likeness (QED) is 0.434. The van der Waals surface area contributed by atoms with Crippen molar-refractivity contribution in [3.63, 3.8) is 0 Å². The van der Waals surface area contributed by atoms with Gasteiger partial charge in [-0.3, -0.25) is 0 Å². The van der Waals surface area contributed by atoms with E-state index in [0.29, 0.717) is 33.7 Å². The van der Waals surface area contributed by atoms with Crippen LogP contribution in [0.5, 0.6) is 5.75 Å². The maximum atomic E-state index is 14.4. The minimum Gasteiger partial charge on any atom is -0.494 e. The molecule has 5 aromatic rings. The number of nitrogens with zero attached hydrogens (tertiary/aromatic N) is 4. The molecule has 3 aromatic carbocycles. The van der Waals surface area contributed by atoms with Crippen LogP contribution in [0.25, 0.3) is 39.4 Å². The van der Waals surface area contributed by atoms with E-state index in [-0.39, 0.29) is 17.4 Å². The van der Waals surface area contributed by atoms with Crippen molar-refractivity contribution in [2.75, 3.05) is 12.8 Å². The molecule has 8 heteroatoms. The Labute approximate surface area is 181 Å². The molecular weight excluding hydrogens is 412 g/mol. The molecule has 158 valence electrons. The molecule has 0 radical (unpaired) electrons. The van der Waals surface area contributed by atoms with E-state index in [0.717, 1.165) is 5.69 Å². The molecule has 0 fully saturated rings. The summed E-state index contributed by atoms with van der Waals surface area (Å²) in [6.07, 6.45) is 0. The summed E-state index contributed by atoms with van der Waals surface area (Å²) in [6.45, 7) is 0. The van der Waals surface area contributed by atoms with Crippen LogP contribution in [0.3, 0.4) is 0 Å². The van der Waals surface area contributed by atoms with Crippen molar-refractivity contribution in [2.45, 2.75) is 0 Å². The van der Waals surface area contributed by atoms with Crippen molar-refractivity contribution >= 4 is 16.9 Å². The summed E-state index contributed by atoms with van der Waals surface area (Å²) < 4.78 is 34.5. The fraction of sp³-hybridized carbons (Fsp3) is 0.0417. The standard InChI is InChI=1S/C24H17F2N5O/c1-32-19-12-9-15(13-18(19)26)21-20-22(27)28-23(14-7-10-16(25)11-8-14)29-24(20)31(30-21)17-5-3-2-4-6-17/h2-13H,1H3,(H2,27,28,29). The molecule has 2 aromatic heterocycles. The first-order chi connectivity index (χ1) is 15.5. The number of benzene rings is 3. The number of methoxy groups -OCH3 is 1. The third-order valence-electron chi connectivity index (χ3n) is 5.08. The molecule has 6 nitrogen and oxygen atoms in total. The fourth-order valence-corrected chi connectivity index (χ4v) is 3.54. The third kappa shape index (κ3) is 3.31. The van der Waals surface area contributed by atoms with Gasteiger partial charge >= 0.3 is 0 Å². The number of fused-ring (bicyclic) bond motifs is 1. The highest BCUT2D eigenvalue weighted by molar-refractivity contribution is 6.00. The van der Waals surface area contributed by atoms with Crippen molar-refractivity contribution in [3.05, 3.63) is 84.4 Å². The zero-order valence-electron chi connectivity index (χ0n) is 17.0. The Hall–Kier alpha value is -4.33. The molecule has 0 bridgehead atoms. The predicted octanol–water partition coefficient (Wildman–Crippen LogP) is 5.02. The van der Waals surface area contributed by atoms with E-state index in [1.807, 2.05) is 30.3 Å². The number of nitrogens with two attached hydrogens (primary N) is 1. The lowest BCUT2D eigenvalue weighted by Gasteiger charge is -2.06. The first-order valence-corrected chi connectivity index (χ1v) is 9.76. The SMILES string of the molecule is COc1ccc(-c2nn(-c3ccccc3)c3nc(-c4ccc(F)cc4)nc(N)c23)cc1F. The number of ether oxygens (including phenoxy) is 1. The molecule has 0 amide bonds. The van der Waals surface area contributed by atoms with E-state index in [4.69, 9.17) is 15.6 Å². The Morgan fingerprint density at radius 2 is 1.59 bits per heavy atom. The zero-order chi connectivity index (χ0) is 22.2. The number of aromatic nitrogens is 4. The van der Waals surface area contributed by atoms with Crippen molar-refractivity contribution in [3.8, 4) is 34.1 Å². The van der Waals surface area contributed by atoms with Crippen molar-refractivity contribution in [1.29, 1.82) is 0 Å². The number of hydrogen-bond acceptors (Lipinski definition) is 5. The van der Waals surface area contributed by atoms with Crippen LogP contribution in [0, 0.1) is 11.6 Å². The third-order valence-corrected chi connectivity index (χ3v) is 5.08. The Morgan fingerprint density at radius 3 is 2.28 bits per heavy atom. The normalized spacial score (nSPS) is 11.1. The number of hydrogen-bond donors (Lipinski definition) is 1. The van der Waals surface area contributed by atoms with E-state index in [1.54, 1.807) is 22.9 Å². The minimum atomic E-state index is -0.519. The zero-order valence-corrected chi connectivity index (χ0v) is 17.0. The summed E-state index contributed by atoms with van der Waals surface area (Å²) in [5.41, 5.74) is 9.11. The van der Waals surface area contributed by atoms with Gasteiger partial charge in [0.2, 0.25) is 0 Å². The first kappa shape index (κ1) is 19.6. The van der Waals surface area contributed by atoms with Crippen LogP contribution in [-0.4, -0.2) is 26.9 Å². The van der Waals surface area contributed by atoms with Gasteiger partial charge < -0.3 is 10.5 Å². The van der Waals surface area contributed by atoms with Crippen LogP contribution in [0.15, 0.2) is 72.8 Å². The Bertz CT molecular complexity index is 1430. The summed E-state index contributed by atoms with van der Waals surface area (Å²) >= 11 is 0. The van der Waals surface area contributed by atoms with Crippen LogP contribution < -0.4 is 10.5 Å². The fourth-order valence-electron chi connectivity index (χ4n) is 3.54. The molecule has 2 heterocycles. The van der Waals surface area contributed by atoms with Gasteiger partial charge in [-0.1, -0.05) is 18.2 Å². The van der Waals surface area contributed by atoms with Gasteiger partial charge in [0.25, 0.3) is 0 Å². The van der Waals surface area contributed by atoms with E-state index >= 15 is 0 Å². The average Bonchev–Trinajstić information content (AvgIpc) is 3.20. The number of para-hydroxylation sites is 1. The van der Waals surface area contributed by atoms with Gasteiger partial charge in [-0.15, -0.1) is 0 Å². The van der Waals surface area contributed by atoms with Gasteiger partial charge in [0.05, 0.1) is 18.2 Å². The number of nitrogen functional groups attached to an aromatic ring is 1. The maximum Gasteiger partial charge on any atom is 0.169 e. The van der Waals surface area contributed by atoms with E-state index in [2.05, 4.69) is 9.97 Å². The highest BCUT2D eigenvalue weighted by Crippen LogP contribution is 2.35. The van der Waals surface area contributed by atoms with Crippen LogP contribution in [0.4, 0.5) is 14.6 Å². The molecule has 0 aliphatic heterocycles. The van der Waals surface area contributed by atoms with Gasteiger partial charge in [-0.05, 0) is 54.6 Å². The highest BCUT2D eigenvalue weighted by atomic mass is 19.1. The van der Waals surface area contributed by atoms with Crippen LogP contribution in [0.2, 0.25) is 0 Å². The second-order valence-corrected chi connectivity index (χ2v) is 7.08. The molecular formula is C24H17F2N5O.